The molecule has 0 aliphatic rings. The van der Waals surface area contributed by atoms with Gasteiger partial charge in [0.25, 0.3) is 0 Å². The first-order chi connectivity index (χ1) is 15.7. The van der Waals surface area contributed by atoms with Crippen molar-refractivity contribution in [3.8, 4) is 11.1 Å². The van der Waals surface area contributed by atoms with E-state index in [2.05, 4.69) is 25.5 Å². The van der Waals surface area contributed by atoms with E-state index in [1.54, 1.807) is 47.7 Å². The van der Waals surface area contributed by atoms with Crippen molar-refractivity contribution in [1.82, 2.24) is 24.9 Å². The standard InChI is InChI=1S/C24H25FN6O2/c1-24(2,3)22-10-18(30-33-22)9-20(32)7-16-6-5-15(8-21(16)25)17-11-26-23(27-12-17)29-19-13-28-31(4)14-19/h5-6,8,10-14H,7,9H2,1-4H3,(H,26,27,29). The predicted molar refractivity (Wildman–Crippen MR) is 122 cm³/mol. The molecule has 3 aromatic heterocycles. The van der Waals surface area contributed by atoms with Gasteiger partial charge in [0.15, 0.2) is 0 Å². The zero-order valence-electron chi connectivity index (χ0n) is 19.0. The first kappa shape index (κ1) is 22.3. The molecule has 0 bridgehead atoms. The molecule has 1 N–H and O–H groups in total. The summed E-state index contributed by atoms with van der Waals surface area (Å²) in [6.07, 6.45) is 6.78. The van der Waals surface area contributed by atoms with E-state index in [1.165, 1.54) is 6.07 Å². The minimum Gasteiger partial charge on any atom is -0.361 e. The van der Waals surface area contributed by atoms with Gasteiger partial charge in [0.2, 0.25) is 5.95 Å². The summed E-state index contributed by atoms with van der Waals surface area (Å²) in [4.78, 5) is 21.0. The van der Waals surface area contributed by atoms with Gasteiger partial charge in [-0.15, -0.1) is 0 Å². The summed E-state index contributed by atoms with van der Waals surface area (Å²) in [5, 5.41) is 11.1. The third-order valence-electron chi connectivity index (χ3n) is 5.06. The number of benzene rings is 1. The molecule has 33 heavy (non-hydrogen) atoms. The number of ketones is 1. The molecule has 0 radical (unpaired) electrons. The molecule has 1 aromatic carbocycles. The number of Topliss-reactive ketones (excluding diaryl/α,β-unsaturated/α-hetero) is 1. The number of nitrogens with zero attached hydrogens (tertiary/aromatic N) is 5. The van der Waals surface area contributed by atoms with Crippen molar-refractivity contribution in [2.24, 2.45) is 7.05 Å². The first-order valence-electron chi connectivity index (χ1n) is 10.5. The van der Waals surface area contributed by atoms with Crippen molar-refractivity contribution in [3.05, 3.63) is 71.9 Å². The number of rotatable bonds is 7. The van der Waals surface area contributed by atoms with Gasteiger partial charge in [-0.05, 0) is 17.2 Å². The summed E-state index contributed by atoms with van der Waals surface area (Å²) in [5.41, 5.74) is 2.76. The molecule has 4 aromatic rings. The molecular weight excluding hydrogens is 423 g/mol. The lowest BCUT2D eigenvalue weighted by molar-refractivity contribution is -0.117. The van der Waals surface area contributed by atoms with E-state index in [-0.39, 0.29) is 24.0 Å². The third-order valence-corrected chi connectivity index (χ3v) is 5.06. The summed E-state index contributed by atoms with van der Waals surface area (Å²) in [6, 6.07) is 6.55. The fourth-order valence-electron chi connectivity index (χ4n) is 3.25. The number of nitrogens with one attached hydrogen (secondary N) is 1. The highest BCUT2D eigenvalue weighted by molar-refractivity contribution is 5.83. The average Bonchev–Trinajstić information content (AvgIpc) is 3.39. The summed E-state index contributed by atoms with van der Waals surface area (Å²) in [5.74, 6) is 0.542. The molecule has 0 atom stereocenters. The molecule has 0 unspecified atom stereocenters. The highest BCUT2D eigenvalue weighted by atomic mass is 19.1. The SMILES string of the molecule is Cn1cc(Nc2ncc(-c3ccc(CC(=O)Cc4cc(C(C)(C)C)on4)c(F)c3)cn2)cn1. The van der Waals surface area contributed by atoms with Crippen LogP contribution in [0.3, 0.4) is 0 Å². The van der Waals surface area contributed by atoms with Crippen molar-refractivity contribution in [2.75, 3.05) is 5.32 Å². The Morgan fingerprint density at radius 3 is 2.45 bits per heavy atom. The van der Waals surface area contributed by atoms with Gasteiger partial charge in [-0.25, -0.2) is 14.4 Å². The molecule has 0 amide bonds. The highest BCUT2D eigenvalue weighted by Gasteiger charge is 2.21. The van der Waals surface area contributed by atoms with Crippen molar-refractivity contribution < 1.29 is 13.7 Å². The predicted octanol–water partition coefficient (Wildman–Crippen LogP) is 4.40. The third kappa shape index (κ3) is 5.49. The van der Waals surface area contributed by atoms with Crippen LogP contribution in [0.4, 0.5) is 16.0 Å². The Morgan fingerprint density at radius 1 is 1.09 bits per heavy atom. The molecule has 0 spiro atoms. The Labute approximate surface area is 190 Å². The van der Waals surface area contributed by atoms with E-state index in [4.69, 9.17) is 4.52 Å². The zero-order chi connectivity index (χ0) is 23.6. The maximum atomic E-state index is 14.7. The second-order valence-electron chi connectivity index (χ2n) is 8.95. The van der Waals surface area contributed by atoms with Gasteiger partial charge in [-0.3, -0.25) is 9.48 Å². The molecule has 0 saturated heterocycles. The maximum absolute atomic E-state index is 14.7. The molecule has 0 aliphatic heterocycles. The van der Waals surface area contributed by atoms with Crippen LogP contribution >= 0.6 is 0 Å². The van der Waals surface area contributed by atoms with Crippen LogP contribution in [0.2, 0.25) is 0 Å². The topological polar surface area (TPSA) is 98.7 Å². The number of carbonyl (C=O) groups is 1. The van der Waals surface area contributed by atoms with Gasteiger partial charge in [0.05, 0.1) is 24.0 Å². The van der Waals surface area contributed by atoms with Crippen LogP contribution < -0.4 is 5.32 Å². The minimum absolute atomic E-state index is 0.0196. The molecule has 170 valence electrons. The number of halogens is 1. The van der Waals surface area contributed by atoms with Gasteiger partial charge >= 0.3 is 0 Å². The minimum atomic E-state index is -0.450. The Morgan fingerprint density at radius 2 is 1.85 bits per heavy atom. The average molecular weight is 449 g/mol. The Hall–Kier alpha value is -3.88. The van der Waals surface area contributed by atoms with Crippen LogP contribution in [-0.4, -0.2) is 30.7 Å². The maximum Gasteiger partial charge on any atom is 0.227 e. The molecular formula is C24H25FN6O2. The van der Waals surface area contributed by atoms with E-state index < -0.39 is 5.82 Å². The zero-order valence-corrected chi connectivity index (χ0v) is 19.0. The number of hydrogen-bond donors (Lipinski definition) is 1. The molecule has 0 saturated carbocycles. The number of aromatic nitrogens is 5. The molecule has 9 heteroatoms. The van der Waals surface area contributed by atoms with Gasteiger partial charge < -0.3 is 9.84 Å². The summed E-state index contributed by atoms with van der Waals surface area (Å²) < 4.78 is 21.7. The van der Waals surface area contributed by atoms with E-state index in [0.29, 0.717) is 34.1 Å². The van der Waals surface area contributed by atoms with E-state index in [0.717, 1.165) is 5.69 Å². The quantitative estimate of drug-likeness (QED) is 0.447. The summed E-state index contributed by atoms with van der Waals surface area (Å²) >= 11 is 0. The van der Waals surface area contributed by atoms with Crippen LogP contribution in [0.15, 0.2) is 53.6 Å². The fourth-order valence-corrected chi connectivity index (χ4v) is 3.25. The van der Waals surface area contributed by atoms with Gasteiger partial charge in [-0.1, -0.05) is 38.1 Å². The van der Waals surface area contributed by atoms with Gasteiger partial charge in [-0.2, -0.15) is 5.10 Å². The van der Waals surface area contributed by atoms with E-state index in [9.17, 15) is 9.18 Å². The smallest absolute Gasteiger partial charge is 0.227 e. The van der Waals surface area contributed by atoms with Crippen LogP contribution in [0.1, 0.15) is 37.8 Å². The van der Waals surface area contributed by atoms with Crippen LogP contribution in [0.25, 0.3) is 11.1 Å². The van der Waals surface area contributed by atoms with Crippen LogP contribution in [0.5, 0.6) is 0 Å². The summed E-state index contributed by atoms with van der Waals surface area (Å²) in [6.45, 7) is 6.02. The summed E-state index contributed by atoms with van der Waals surface area (Å²) in [7, 11) is 1.82. The molecule has 0 aliphatic carbocycles. The van der Waals surface area contributed by atoms with E-state index in [1.807, 2.05) is 27.8 Å². The molecule has 8 nitrogen and oxygen atoms in total. The Balaban J connectivity index is 1.40. The largest absolute Gasteiger partial charge is 0.361 e. The number of hydrogen-bond acceptors (Lipinski definition) is 7. The Bertz CT molecular complexity index is 1270. The lowest BCUT2D eigenvalue weighted by Gasteiger charge is -2.12. The monoisotopic (exact) mass is 448 g/mol. The van der Waals surface area contributed by atoms with Crippen molar-refractivity contribution in [2.45, 2.75) is 39.0 Å². The van der Waals surface area contributed by atoms with Crippen LogP contribution in [-0.2, 0) is 30.1 Å². The Kier molecular flexibility index (Phi) is 6.04. The first-order valence-corrected chi connectivity index (χ1v) is 10.5. The van der Waals surface area contributed by atoms with Crippen LogP contribution in [0, 0.1) is 5.82 Å². The molecule has 3 heterocycles. The fraction of sp³-hybridized carbons (Fsp3) is 0.292. The van der Waals surface area contributed by atoms with Crippen molar-refractivity contribution >= 4 is 17.4 Å². The second kappa shape index (κ2) is 8.93. The van der Waals surface area contributed by atoms with E-state index >= 15 is 0 Å². The molecule has 4 rings (SSSR count). The number of carbonyl (C=O) groups excluding carboxylic acids is 1. The number of aryl methyl sites for hydroxylation is 1. The van der Waals surface area contributed by atoms with Gasteiger partial charge in [0, 0.05) is 49.1 Å². The lowest BCUT2D eigenvalue weighted by atomic mass is 9.93. The normalized spacial score (nSPS) is 11.5. The second-order valence-corrected chi connectivity index (χ2v) is 8.95. The lowest BCUT2D eigenvalue weighted by Crippen LogP contribution is -2.10. The molecule has 0 fully saturated rings. The number of anilines is 2. The van der Waals surface area contributed by atoms with Gasteiger partial charge in [0.1, 0.15) is 17.4 Å². The van der Waals surface area contributed by atoms with Crippen molar-refractivity contribution in [1.29, 1.82) is 0 Å². The highest BCUT2D eigenvalue weighted by Crippen LogP contribution is 2.24. The van der Waals surface area contributed by atoms with Crippen molar-refractivity contribution in [3.63, 3.8) is 0 Å².